The molecule has 1 unspecified atom stereocenters. The molecule has 19 heavy (non-hydrogen) atoms. The maximum absolute atomic E-state index is 12.7. The molecule has 0 aliphatic carbocycles. The van der Waals surface area contributed by atoms with Crippen LogP contribution in [0.25, 0.3) is 0 Å². The molecular formula is C14H25N3O2. The molecule has 2 saturated heterocycles. The van der Waals surface area contributed by atoms with Crippen molar-refractivity contribution in [3.63, 3.8) is 0 Å². The molecule has 2 fully saturated rings. The second-order valence-electron chi connectivity index (χ2n) is 6.13. The molecular weight excluding hydrogens is 242 g/mol. The lowest BCUT2D eigenvalue weighted by molar-refractivity contribution is -0.158. The summed E-state index contributed by atoms with van der Waals surface area (Å²) >= 11 is 0. The Morgan fingerprint density at radius 1 is 1.26 bits per heavy atom. The van der Waals surface area contributed by atoms with Gasteiger partial charge in [-0.05, 0) is 33.2 Å². The monoisotopic (exact) mass is 267 g/mol. The van der Waals surface area contributed by atoms with Crippen LogP contribution in [0.4, 0.5) is 0 Å². The second kappa shape index (κ2) is 5.49. The van der Waals surface area contributed by atoms with Crippen molar-refractivity contribution in [3.05, 3.63) is 0 Å². The van der Waals surface area contributed by atoms with Crippen molar-refractivity contribution < 1.29 is 9.59 Å². The zero-order valence-corrected chi connectivity index (χ0v) is 12.2. The Bertz CT molecular complexity index is 360. The fourth-order valence-electron chi connectivity index (χ4n) is 3.03. The molecule has 0 aromatic carbocycles. The van der Waals surface area contributed by atoms with Gasteiger partial charge in [0.25, 0.3) is 0 Å². The lowest BCUT2D eigenvalue weighted by Crippen LogP contribution is -2.66. The average Bonchev–Trinajstić information content (AvgIpc) is 2.64. The first kappa shape index (κ1) is 14.3. The molecule has 0 bridgehead atoms. The van der Waals surface area contributed by atoms with Crippen molar-refractivity contribution in [3.8, 4) is 0 Å². The molecule has 2 aliphatic rings. The molecule has 0 saturated carbocycles. The zero-order valence-electron chi connectivity index (χ0n) is 12.2. The highest BCUT2D eigenvalue weighted by atomic mass is 16.2. The fraction of sp³-hybridized carbons (Fsp3) is 0.857. The van der Waals surface area contributed by atoms with E-state index in [2.05, 4.69) is 5.32 Å². The predicted octanol–water partition coefficient (Wildman–Crippen LogP) is 0.598. The Hall–Kier alpha value is -1.10. The quantitative estimate of drug-likeness (QED) is 0.757. The van der Waals surface area contributed by atoms with E-state index in [9.17, 15) is 9.59 Å². The maximum Gasteiger partial charge on any atom is 0.247 e. The van der Waals surface area contributed by atoms with E-state index >= 15 is 0 Å². The number of nitrogens with one attached hydrogen (secondary N) is 1. The van der Waals surface area contributed by atoms with Crippen molar-refractivity contribution >= 4 is 11.8 Å². The topological polar surface area (TPSA) is 52.6 Å². The molecule has 0 spiro atoms. The first-order chi connectivity index (χ1) is 8.94. The van der Waals surface area contributed by atoms with E-state index in [0.29, 0.717) is 13.1 Å². The summed E-state index contributed by atoms with van der Waals surface area (Å²) in [5, 5.41) is 3.33. The molecule has 2 rings (SSSR count). The number of hydrogen-bond donors (Lipinski definition) is 1. The SMILES string of the molecule is CN1CCN(C(=O)C2CCCCCN2)C(C)(C)C1=O. The first-order valence-electron chi connectivity index (χ1n) is 7.25. The van der Waals surface area contributed by atoms with E-state index in [4.69, 9.17) is 0 Å². The van der Waals surface area contributed by atoms with Gasteiger partial charge in [-0.25, -0.2) is 0 Å². The van der Waals surface area contributed by atoms with Crippen LogP contribution in [0.3, 0.4) is 0 Å². The average molecular weight is 267 g/mol. The van der Waals surface area contributed by atoms with Crippen LogP contribution in [0.5, 0.6) is 0 Å². The molecule has 2 amide bonds. The second-order valence-corrected chi connectivity index (χ2v) is 6.13. The lowest BCUT2D eigenvalue weighted by atomic mass is 9.96. The Kier molecular flexibility index (Phi) is 4.13. The Balaban J connectivity index is 2.11. The highest BCUT2D eigenvalue weighted by Crippen LogP contribution is 2.24. The number of carbonyl (C=O) groups is 2. The first-order valence-corrected chi connectivity index (χ1v) is 7.25. The van der Waals surface area contributed by atoms with Crippen molar-refractivity contribution in [2.75, 3.05) is 26.7 Å². The molecule has 5 nitrogen and oxygen atoms in total. The van der Waals surface area contributed by atoms with Crippen LogP contribution in [-0.4, -0.2) is 59.9 Å². The summed E-state index contributed by atoms with van der Waals surface area (Å²) in [6.45, 7) is 5.85. The van der Waals surface area contributed by atoms with Gasteiger partial charge in [-0.15, -0.1) is 0 Å². The van der Waals surface area contributed by atoms with Crippen molar-refractivity contribution in [1.82, 2.24) is 15.1 Å². The third kappa shape index (κ3) is 2.76. The van der Waals surface area contributed by atoms with E-state index in [1.807, 2.05) is 13.8 Å². The fourth-order valence-corrected chi connectivity index (χ4v) is 3.03. The van der Waals surface area contributed by atoms with Crippen LogP contribution >= 0.6 is 0 Å². The summed E-state index contributed by atoms with van der Waals surface area (Å²) in [7, 11) is 1.80. The number of nitrogens with zero attached hydrogens (tertiary/aromatic N) is 2. The third-order valence-electron chi connectivity index (χ3n) is 4.33. The molecule has 0 aromatic heterocycles. The molecule has 1 atom stereocenters. The summed E-state index contributed by atoms with van der Waals surface area (Å²) in [4.78, 5) is 28.4. The normalized spacial score (nSPS) is 28.2. The van der Waals surface area contributed by atoms with E-state index in [1.54, 1.807) is 16.8 Å². The third-order valence-corrected chi connectivity index (χ3v) is 4.33. The molecule has 0 radical (unpaired) electrons. The van der Waals surface area contributed by atoms with Crippen molar-refractivity contribution in [1.29, 1.82) is 0 Å². The summed E-state index contributed by atoms with van der Waals surface area (Å²) in [5.74, 6) is 0.120. The highest BCUT2D eigenvalue weighted by molar-refractivity contribution is 5.93. The number of amides is 2. The van der Waals surface area contributed by atoms with Gasteiger partial charge in [0, 0.05) is 20.1 Å². The molecule has 2 aliphatic heterocycles. The highest BCUT2D eigenvalue weighted by Gasteiger charge is 2.44. The van der Waals surface area contributed by atoms with Crippen molar-refractivity contribution in [2.45, 2.75) is 51.1 Å². The van der Waals surface area contributed by atoms with Gasteiger partial charge in [-0.2, -0.15) is 0 Å². The summed E-state index contributed by atoms with van der Waals surface area (Å²) in [5.41, 5.74) is -0.724. The number of rotatable bonds is 1. The summed E-state index contributed by atoms with van der Waals surface area (Å²) in [6, 6.07) is -0.113. The predicted molar refractivity (Wildman–Crippen MR) is 73.7 cm³/mol. The molecule has 0 aromatic rings. The van der Waals surface area contributed by atoms with Crippen LogP contribution in [0.1, 0.15) is 39.5 Å². The number of hydrogen-bond acceptors (Lipinski definition) is 3. The summed E-state index contributed by atoms with van der Waals surface area (Å²) in [6.07, 6.45) is 4.29. The van der Waals surface area contributed by atoms with Gasteiger partial charge in [0.1, 0.15) is 5.54 Å². The van der Waals surface area contributed by atoms with Crippen LogP contribution in [0, 0.1) is 0 Å². The molecule has 5 heteroatoms. The van der Waals surface area contributed by atoms with Gasteiger partial charge >= 0.3 is 0 Å². The van der Waals surface area contributed by atoms with E-state index in [0.717, 1.165) is 25.8 Å². The minimum Gasteiger partial charge on any atom is -0.342 e. The Morgan fingerprint density at radius 2 is 2.00 bits per heavy atom. The van der Waals surface area contributed by atoms with Crippen LogP contribution in [0.2, 0.25) is 0 Å². The Morgan fingerprint density at radius 3 is 2.74 bits per heavy atom. The van der Waals surface area contributed by atoms with Gasteiger partial charge in [0.05, 0.1) is 6.04 Å². The van der Waals surface area contributed by atoms with Gasteiger partial charge in [-0.3, -0.25) is 9.59 Å². The summed E-state index contributed by atoms with van der Waals surface area (Å²) < 4.78 is 0. The zero-order chi connectivity index (χ0) is 14.0. The van der Waals surface area contributed by atoms with Crippen LogP contribution in [-0.2, 0) is 9.59 Å². The van der Waals surface area contributed by atoms with E-state index in [-0.39, 0.29) is 17.9 Å². The maximum atomic E-state index is 12.7. The lowest BCUT2D eigenvalue weighted by Gasteiger charge is -2.45. The standard InChI is InChI=1S/C14H25N3O2/c1-14(2)13(19)16(3)9-10-17(14)12(18)11-7-5-4-6-8-15-11/h11,15H,4-10H2,1-3H3. The van der Waals surface area contributed by atoms with Crippen LogP contribution in [0.15, 0.2) is 0 Å². The minimum absolute atomic E-state index is 0.0284. The molecule has 1 N–H and O–H groups in total. The number of carbonyl (C=O) groups excluding carboxylic acids is 2. The van der Waals surface area contributed by atoms with E-state index < -0.39 is 5.54 Å². The van der Waals surface area contributed by atoms with Gasteiger partial charge in [0.15, 0.2) is 0 Å². The minimum atomic E-state index is -0.724. The largest absolute Gasteiger partial charge is 0.342 e. The van der Waals surface area contributed by atoms with Gasteiger partial charge in [-0.1, -0.05) is 12.8 Å². The smallest absolute Gasteiger partial charge is 0.247 e. The van der Waals surface area contributed by atoms with Crippen molar-refractivity contribution in [2.24, 2.45) is 0 Å². The molecule has 108 valence electrons. The Labute approximate surface area is 115 Å². The molecule has 2 heterocycles. The van der Waals surface area contributed by atoms with Gasteiger partial charge < -0.3 is 15.1 Å². The number of likely N-dealkylation sites (N-methyl/N-ethyl adjacent to an activating group) is 1. The number of piperazine rings is 1. The van der Waals surface area contributed by atoms with E-state index in [1.165, 1.54) is 6.42 Å². The van der Waals surface area contributed by atoms with Gasteiger partial charge in [0.2, 0.25) is 11.8 Å². The van der Waals surface area contributed by atoms with Crippen LogP contribution < -0.4 is 5.32 Å².